The third kappa shape index (κ3) is 5.04. The molecular weight excluding hydrogens is 425 g/mol. The molecule has 0 spiro atoms. The molecule has 0 atom stereocenters. The molecule has 1 fully saturated rings. The first-order chi connectivity index (χ1) is 12.9. The molecule has 3 rings (SSSR count). The van der Waals surface area contributed by atoms with E-state index in [1.165, 1.54) is 5.56 Å². The van der Waals surface area contributed by atoms with Crippen molar-refractivity contribution in [3.8, 4) is 0 Å². The summed E-state index contributed by atoms with van der Waals surface area (Å²) in [4.78, 5) is 4.35. The second-order valence-electron chi connectivity index (χ2n) is 6.60. The first-order valence-corrected chi connectivity index (χ1v) is 10.2. The average molecular weight is 445 g/mol. The highest BCUT2D eigenvalue weighted by molar-refractivity contribution is 7.80. The maximum absolute atomic E-state index is 6.22. The number of anilines is 1. The van der Waals surface area contributed by atoms with Gasteiger partial charge in [-0.2, -0.15) is 0 Å². The van der Waals surface area contributed by atoms with Gasteiger partial charge < -0.3 is 15.4 Å². The lowest BCUT2D eigenvalue weighted by Gasteiger charge is -2.38. The van der Waals surface area contributed by atoms with Gasteiger partial charge in [-0.25, -0.2) is 4.98 Å². The Hall–Kier alpha value is -1.11. The molecular formula is C19H20Cl3N3OS. The molecule has 2 N–H and O–H groups in total. The molecule has 1 aromatic heterocycles. The first-order valence-electron chi connectivity index (χ1n) is 8.61. The van der Waals surface area contributed by atoms with Crippen molar-refractivity contribution in [2.24, 2.45) is 0 Å². The fourth-order valence-corrected chi connectivity index (χ4v) is 3.96. The van der Waals surface area contributed by atoms with Crippen molar-refractivity contribution in [2.75, 3.05) is 25.1 Å². The molecule has 0 radical (unpaired) electrons. The van der Waals surface area contributed by atoms with Crippen LogP contribution in [0.15, 0.2) is 30.3 Å². The maximum atomic E-state index is 6.22. The molecule has 0 unspecified atom stereocenters. The molecule has 2 aromatic rings. The van der Waals surface area contributed by atoms with Gasteiger partial charge in [-0.3, -0.25) is 0 Å². The fraction of sp³-hybridized carbons (Fsp3) is 0.368. The summed E-state index contributed by atoms with van der Waals surface area (Å²) < 4.78 is 5.57. The van der Waals surface area contributed by atoms with Crippen LogP contribution in [0.4, 0.5) is 5.82 Å². The van der Waals surface area contributed by atoms with E-state index in [9.17, 15) is 0 Å². The summed E-state index contributed by atoms with van der Waals surface area (Å²) >= 11 is 23.9. The molecule has 1 aromatic carbocycles. The Kier molecular flexibility index (Phi) is 6.82. The van der Waals surface area contributed by atoms with Crippen LogP contribution in [-0.4, -0.2) is 29.9 Å². The van der Waals surface area contributed by atoms with Crippen LogP contribution in [0.2, 0.25) is 15.1 Å². The number of hydrogen-bond acceptors (Lipinski definition) is 3. The Bertz CT molecular complexity index is 841. The minimum absolute atomic E-state index is 0.0952. The standard InChI is InChI=1S/C19H20Cl3N3OS/c1-12-15(21)10-16(22)17(24-12)25-18(27)23-11-19(5-7-26-8-6-19)13-3-2-4-14(20)9-13/h2-4,9-10H,5-8,11H2,1H3,(H2,23,24,25,27). The molecule has 27 heavy (non-hydrogen) atoms. The molecule has 0 bridgehead atoms. The molecule has 0 aliphatic carbocycles. The molecule has 0 amide bonds. The van der Waals surface area contributed by atoms with E-state index in [1.807, 2.05) is 25.1 Å². The normalized spacial score (nSPS) is 16.0. The lowest BCUT2D eigenvalue weighted by molar-refractivity contribution is 0.0515. The SMILES string of the molecule is Cc1nc(NC(=S)NCC2(c3cccc(Cl)c3)CCOCC2)c(Cl)cc1Cl. The number of hydrogen-bond donors (Lipinski definition) is 2. The predicted octanol–water partition coefficient (Wildman–Crippen LogP) is 5.39. The van der Waals surface area contributed by atoms with Crippen LogP contribution in [0.1, 0.15) is 24.1 Å². The summed E-state index contributed by atoms with van der Waals surface area (Å²) in [6, 6.07) is 9.64. The smallest absolute Gasteiger partial charge is 0.172 e. The van der Waals surface area contributed by atoms with Gasteiger partial charge in [-0.05, 0) is 55.7 Å². The number of nitrogens with one attached hydrogen (secondary N) is 2. The first kappa shape index (κ1) is 20.6. The van der Waals surface area contributed by atoms with E-state index in [4.69, 9.17) is 51.8 Å². The monoisotopic (exact) mass is 443 g/mol. The third-order valence-electron chi connectivity index (χ3n) is 4.81. The van der Waals surface area contributed by atoms with Gasteiger partial charge in [0.2, 0.25) is 0 Å². The van der Waals surface area contributed by atoms with E-state index < -0.39 is 0 Å². The number of rotatable bonds is 4. The van der Waals surface area contributed by atoms with Crippen molar-refractivity contribution >= 4 is 58.0 Å². The van der Waals surface area contributed by atoms with E-state index in [2.05, 4.69) is 21.7 Å². The van der Waals surface area contributed by atoms with Crippen LogP contribution >= 0.6 is 47.0 Å². The van der Waals surface area contributed by atoms with E-state index >= 15 is 0 Å². The molecule has 0 saturated carbocycles. The number of aromatic nitrogens is 1. The summed E-state index contributed by atoms with van der Waals surface area (Å²) in [6.07, 6.45) is 1.78. The molecule has 1 saturated heterocycles. The summed E-state index contributed by atoms with van der Waals surface area (Å²) in [5.41, 5.74) is 1.78. The fourth-order valence-electron chi connectivity index (χ4n) is 3.20. The number of nitrogens with zero attached hydrogens (tertiary/aromatic N) is 1. The van der Waals surface area contributed by atoms with Gasteiger partial charge in [0.25, 0.3) is 0 Å². The van der Waals surface area contributed by atoms with Crippen LogP contribution in [0, 0.1) is 6.92 Å². The topological polar surface area (TPSA) is 46.2 Å². The van der Waals surface area contributed by atoms with Gasteiger partial charge in [0.15, 0.2) is 10.9 Å². The molecule has 144 valence electrons. The zero-order chi connectivity index (χ0) is 19.4. The second-order valence-corrected chi connectivity index (χ2v) is 8.26. The minimum atomic E-state index is -0.0952. The minimum Gasteiger partial charge on any atom is -0.381 e. The Labute approximate surface area is 179 Å². The van der Waals surface area contributed by atoms with Crippen molar-refractivity contribution in [2.45, 2.75) is 25.2 Å². The van der Waals surface area contributed by atoms with E-state index in [0.29, 0.717) is 46.4 Å². The lowest BCUT2D eigenvalue weighted by atomic mass is 9.74. The number of ether oxygens (including phenoxy) is 1. The van der Waals surface area contributed by atoms with Gasteiger partial charge in [0.05, 0.1) is 15.7 Å². The van der Waals surface area contributed by atoms with Gasteiger partial charge in [0.1, 0.15) is 0 Å². The van der Waals surface area contributed by atoms with Gasteiger partial charge in [-0.1, -0.05) is 46.9 Å². The Morgan fingerprint density at radius 3 is 2.63 bits per heavy atom. The van der Waals surface area contributed by atoms with Crippen molar-refractivity contribution in [1.29, 1.82) is 0 Å². The zero-order valence-corrected chi connectivity index (χ0v) is 17.9. The highest BCUT2D eigenvalue weighted by atomic mass is 35.5. The summed E-state index contributed by atoms with van der Waals surface area (Å²) in [6.45, 7) is 3.89. The van der Waals surface area contributed by atoms with Crippen LogP contribution in [0.3, 0.4) is 0 Å². The Morgan fingerprint density at radius 1 is 1.19 bits per heavy atom. The summed E-state index contributed by atoms with van der Waals surface area (Å²) in [7, 11) is 0. The molecule has 8 heteroatoms. The number of pyridine rings is 1. The molecule has 1 aliphatic heterocycles. The van der Waals surface area contributed by atoms with Crippen molar-refractivity contribution in [1.82, 2.24) is 10.3 Å². The Morgan fingerprint density at radius 2 is 1.93 bits per heavy atom. The highest BCUT2D eigenvalue weighted by Crippen LogP contribution is 2.35. The van der Waals surface area contributed by atoms with E-state index in [-0.39, 0.29) is 5.41 Å². The lowest BCUT2D eigenvalue weighted by Crippen LogP contribution is -2.45. The molecule has 2 heterocycles. The molecule has 4 nitrogen and oxygen atoms in total. The van der Waals surface area contributed by atoms with Crippen LogP contribution < -0.4 is 10.6 Å². The molecule has 1 aliphatic rings. The zero-order valence-electron chi connectivity index (χ0n) is 14.8. The third-order valence-corrected chi connectivity index (χ3v) is 5.96. The van der Waals surface area contributed by atoms with Crippen LogP contribution in [-0.2, 0) is 10.2 Å². The van der Waals surface area contributed by atoms with Gasteiger partial charge >= 0.3 is 0 Å². The van der Waals surface area contributed by atoms with Crippen LogP contribution in [0.25, 0.3) is 0 Å². The van der Waals surface area contributed by atoms with Crippen LogP contribution in [0.5, 0.6) is 0 Å². The predicted molar refractivity (Wildman–Crippen MR) is 116 cm³/mol. The summed E-state index contributed by atoms with van der Waals surface area (Å²) in [5.74, 6) is 0.486. The summed E-state index contributed by atoms with van der Waals surface area (Å²) in [5, 5.41) is 8.50. The van der Waals surface area contributed by atoms with Gasteiger partial charge in [0, 0.05) is 30.2 Å². The maximum Gasteiger partial charge on any atom is 0.172 e. The Balaban J connectivity index is 1.72. The quantitative estimate of drug-likeness (QED) is 0.619. The number of aryl methyl sites for hydroxylation is 1. The number of halogens is 3. The average Bonchev–Trinajstić information content (AvgIpc) is 2.65. The number of thiocarbonyl (C=S) groups is 1. The number of benzene rings is 1. The van der Waals surface area contributed by atoms with Crippen molar-refractivity contribution < 1.29 is 4.74 Å². The van der Waals surface area contributed by atoms with Crippen molar-refractivity contribution in [3.63, 3.8) is 0 Å². The van der Waals surface area contributed by atoms with E-state index in [0.717, 1.165) is 17.9 Å². The van der Waals surface area contributed by atoms with E-state index in [1.54, 1.807) is 6.07 Å². The van der Waals surface area contributed by atoms with Crippen molar-refractivity contribution in [3.05, 3.63) is 56.7 Å². The second kappa shape index (κ2) is 8.93. The highest BCUT2D eigenvalue weighted by Gasteiger charge is 2.34. The largest absolute Gasteiger partial charge is 0.381 e. The van der Waals surface area contributed by atoms with Gasteiger partial charge in [-0.15, -0.1) is 0 Å².